The number of hydrogen-bond acceptors (Lipinski definition) is 0. The van der Waals surface area contributed by atoms with Crippen molar-refractivity contribution in [3.63, 3.8) is 0 Å². The van der Waals surface area contributed by atoms with Crippen LogP contribution in [0.25, 0.3) is 0 Å². The third-order valence-electron chi connectivity index (χ3n) is 4.15. The van der Waals surface area contributed by atoms with Crippen molar-refractivity contribution in [3.8, 4) is 0 Å². The Labute approximate surface area is 111 Å². The van der Waals surface area contributed by atoms with Gasteiger partial charge < -0.3 is 0 Å². The lowest BCUT2D eigenvalue weighted by atomic mass is 9.80. The lowest BCUT2D eigenvalue weighted by Crippen LogP contribution is -2.15. The van der Waals surface area contributed by atoms with Crippen molar-refractivity contribution in [2.75, 3.05) is 0 Å². The van der Waals surface area contributed by atoms with E-state index in [9.17, 15) is 0 Å². The molecule has 0 heteroatoms. The Bertz CT molecular complexity index is 169. The van der Waals surface area contributed by atoms with Gasteiger partial charge in [-0.25, -0.2) is 0 Å². The minimum atomic E-state index is 0.842. The van der Waals surface area contributed by atoms with Crippen LogP contribution in [-0.2, 0) is 0 Å². The van der Waals surface area contributed by atoms with Gasteiger partial charge in [0, 0.05) is 0 Å². The fourth-order valence-corrected chi connectivity index (χ4v) is 3.01. The topological polar surface area (TPSA) is 0 Å². The maximum atomic E-state index is 2.45. The number of hydrogen-bond donors (Lipinski definition) is 0. The van der Waals surface area contributed by atoms with Crippen LogP contribution in [-0.4, -0.2) is 0 Å². The van der Waals surface area contributed by atoms with E-state index in [1.165, 1.54) is 32.1 Å². The van der Waals surface area contributed by atoms with Gasteiger partial charge >= 0.3 is 0 Å². The molecule has 0 amide bonds. The van der Waals surface area contributed by atoms with Gasteiger partial charge in [-0.2, -0.15) is 0 Å². The highest BCUT2D eigenvalue weighted by Gasteiger charge is 2.18. The molecule has 104 valence electrons. The summed E-state index contributed by atoms with van der Waals surface area (Å²) < 4.78 is 0. The molecule has 0 aliphatic heterocycles. The molecule has 0 aromatic carbocycles. The SMILES string of the molecule is CCCC(CC(C)CC(C)C)CC(C)C(C)C. The summed E-state index contributed by atoms with van der Waals surface area (Å²) in [5.41, 5.74) is 0. The standard InChI is InChI=1S/C17H36/c1-8-9-17(12-16(7)14(4)5)11-15(6)10-13(2)3/h13-17H,8-12H2,1-7H3. The van der Waals surface area contributed by atoms with Crippen LogP contribution >= 0.6 is 0 Å². The molecule has 0 aliphatic rings. The van der Waals surface area contributed by atoms with Gasteiger partial charge in [-0.05, 0) is 48.9 Å². The highest BCUT2D eigenvalue weighted by molar-refractivity contribution is 4.69. The molecule has 0 nitrogen and oxygen atoms in total. The largest absolute Gasteiger partial charge is 0.0654 e. The molecule has 3 unspecified atom stereocenters. The summed E-state index contributed by atoms with van der Waals surface area (Å²) >= 11 is 0. The van der Waals surface area contributed by atoms with Gasteiger partial charge in [0.05, 0.1) is 0 Å². The maximum Gasteiger partial charge on any atom is -0.0409 e. The molecule has 0 N–H and O–H groups in total. The first-order valence-electron chi connectivity index (χ1n) is 7.86. The zero-order chi connectivity index (χ0) is 13.4. The van der Waals surface area contributed by atoms with Crippen molar-refractivity contribution in [2.24, 2.45) is 29.6 Å². The summed E-state index contributed by atoms with van der Waals surface area (Å²) in [6.45, 7) is 16.6. The first-order valence-corrected chi connectivity index (χ1v) is 7.86. The molecule has 0 aliphatic carbocycles. The van der Waals surface area contributed by atoms with Crippen molar-refractivity contribution in [1.29, 1.82) is 0 Å². The predicted molar refractivity (Wildman–Crippen MR) is 80.3 cm³/mol. The van der Waals surface area contributed by atoms with E-state index >= 15 is 0 Å². The molecule has 0 aromatic heterocycles. The first-order chi connectivity index (χ1) is 7.86. The zero-order valence-electron chi connectivity index (χ0n) is 13.4. The van der Waals surface area contributed by atoms with Crippen LogP contribution < -0.4 is 0 Å². The van der Waals surface area contributed by atoms with Crippen LogP contribution in [0.5, 0.6) is 0 Å². The van der Waals surface area contributed by atoms with E-state index < -0.39 is 0 Å². The predicted octanol–water partition coefficient (Wildman–Crippen LogP) is 6.16. The Kier molecular flexibility index (Phi) is 9.00. The van der Waals surface area contributed by atoms with Gasteiger partial charge in [-0.3, -0.25) is 0 Å². The molecular weight excluding hydrogens is 204 g/mol. The summed E-state index contributed by atoms with van der Waals surface area (Å²) in [5.74, 6) is 4.46. The Morgan fingerprint density at radius 3 is 1.76 bits per heavy atom. The minimum Gasteiger partial charge on any atom is -0.0654 e. The minimum absolute atomic E-state index is 0.842. The molecule has 0 radical (unpaired) electrons. The fourth-order valence-electron chi connectivity index (χ4n) is 3.01. The van der Waals surface area contributed by atoms with Gasteiger partial charge in [-0.15, -0.1) is 0 Å². The Morgan fingerprint density at radius 2 is 1.35 bits per heavy atom. The van der Waals surface area contributed by atoms with Gasteiger partial charge in [0.1, 0.15) is 0 Å². The van der Waals surface area contributed by atoms with E-state index in [-0.39, 0.29) is 0 Å². The van der Waals surface area contributed by atoms with Gasteiger partial charge in [0.2, 0.25) is 0 Å². The molecule has 0 heterocycles. The molecule has 3 atom stereocenters. The zero-order valence-corrected chi connectivity index (χ0v) is 13.4. The smallest absolute Gasteiger partial charge is 0.0409 e. The van der Waals surface area contributed by atoms with Crippen LogP contribution in [0.4, 0.5) is 0 Å². The quantitative estimate of drug-likeness (QED) is 0.453. The van der Waals surface area contributed by atoms with E-state index in [4.69, 9.17) is 0 Å². The van der Waals surface area contributed by atoms with E-state index in [0.717, 1.165) is 29.6 Å². The van der Waals surface area contributed by atoms with Crippen molar-refractivity contribution < 1.29 is 0 Å². The lowest BCUT2D eigenvalue weighted by molar-refractivity contribution is 0.254. The molecule has 0 spiro atoms. The summed E-state index contributed by atoms with van der Waals surface area (Å²) in [7, 11) is 0. The highest BCUT2D eigenvalue weighted by Crippen LogP contribution is 2.29. The highest BCUT2D eigenvalue weighted by atomic mass is 14.2. The van der Waals surface area contributed by atoms with Gasteiger partial charge in [0.25, 0.3) is 0 Å². The Balaban J connectivity index is 4.13. The van der Waals surface area contributed by atoms with Crippen LogP contribution in [0.1, 0.15) is 80.6 Å². The third-order valence-corrected chi connectivity index (χ3v) is 4.15. The summed E-state index contributed by atoms with van der Waals surface area (Å²) in [5, 5.41) is 0. The molecule has 0 bridgehead atoms. The van der Waals surface area contributed by atoms with Crippen LogP contribution in [0.3, 0.4) is 0 Å². The van der Waals surface area contributed by atoms with Crippen molar-refractivity contribution >= 4 is 0 Å². The molecular formula is C17H36. The van der Waals surface area contributed by atoms with Crippen molar-refractivity contribution in [3.05, 3.63) is 0 Å². The average molecular weight is 240 g/mol. The summed E-state index contributed by atoms with van der Waals surface area (Å²) in [6.07, 6.45) is 7.07. The maximum absolute atomic E-state index is 2.45. The number of rotatable bonds is 9. The van der Waals surface area contributed by atoms with Crippen LogP contribution in [0, 0.1) is 29.6 Å². The third kappa shape index (κ3) is 8.69. The second-order valence-electron chi connectivity index (χ2n) is 7.08. The summed E-state index contributed by atoms with van der Waals surface area (Å²) in [4.78, 5) is 0. The molecule has 0 rings (SSSR count). The van der Waals surface area contributed by atoms with Crippen molar-refractivity contribution in [1.82, 2.24) is 0 Å². The fraction of sp³-hybridized carbons (Fsp3) is 1.00. The molecule has 0 saturated heterocycles. The van der Waals surface area contributed by atoms with E-state index in [2.05, 4.69) is 48.5 Å². The van der Waals surface area contributed by atoms with Gasteiger partial charge in [0.15, 0.2) is 0 Å². The van der Waals surface area contributed by atoms with Gasteiger partial charge in [-0.1, -0.05) is 61.3 Å². The monoisotopic (exact) mass is 240 g/mol. The van der Waals surface area contributed by atoms with E-state index in [1.54, 1.807) is 0 Å². The average Bonchev–Trinajstić information content (AvgIpc) is 2.15. The Morgan fingerprint density at radius 1 is 0.765 bits per heavy atom. The molecule has 0 fully saturated rings. The first kappa shape index (κ1) is 17.0. The second-order valence-corrected chi connectivity index (χ2v) is 7.08. The molecule has 17 heavy (non-hydrogen) atoms. The van der Waals surface area contributed by atoms with Crippen LogP contribution in [0.15, 0.2) is 0 Å². The Hall–Kier alpha value is 0. The molecule has 0 saturated carbocycles. The molecule has 0 aromatic rings. The second kappa shape index (κ2) is 9.00. The van der Waals surface area contributed by atoms with E-state index in [1.807, 2.05) is 0 Å². The lowest BCUT2D eigenvalue weighted by Gasteiger charge is -2.26. The normalized spacial score (nSPS) is 17.5. The van der Waals surface area contributed by atoms with Crippen molar-refractivity contribution in [2.45, 2.75) is 80.6 Å². The summed E-state index contributed by atoms with van der Waals surface area (Å²) in [6, 6.07) is 0. The van der Waals surface area contributed by atoms with E-state index in [0.29, 0.717) is 0 Å². The van der Waals surface area contributed by atoms with Crippen LogP contribution in [0.2, 0.25) is 0 Å².